The summed E-state index contributed by atoms with van der Waals surface area (Å²) < 4.78 is 39.2. The van der Waals surface area contributed by atoms with Gasteiger partial charge in [-0.2, -0.15) is 13.2 Å². The van der Waals surface area contributed by atoms with Gasteiger partial charge in [0.1, 0.15) is 10.7 Å². The molecule has 37 heavy (non-hydrogen) atoms. The number of halogens is 4. The highest BCUT2D eigenvalue weighted by Gasteiger charge is 2.40. The van der Waals surface area contributed by atoms with Crippen LogP contribution in [0.25, 0.3) is 0 Å². The third-order valence-electron chi connectivity index (χ3n) is 5.72. The predicted molar refractivity (Wildman–Crippen MR) is 134 cm³/mol. The molecule has 10 heteroatoms. The second-order valence-corrected chi connectivity index (χ2v) is 8.76. The van der Waals surface area contributed by atoms with Crippen molar-refractivity contribution in [3.63, 3.8) is 0 Å². The summed E-state index contributed by atoms with van der Waals surface area (Å²) in [5, 5.41) is 5.25. The zero-order valence-corrected chi connectivity index (χ0v) is 20.2. The maximum absolute atomic E-state index is 13.1. The van der Waals surface area contributed by atoms with Gasteiger partial charge >= 0.3 is 6.18 Å². The van der Waals surface area contributed by atoms with Crippen LogP contribution in [0.15, 0.2) is 89.6 Å². The normalized spacial score (nSPS) is 14.7. The van der Waals surface area contributed by atoms with E-state index in [4.69, 9.17) is 11.6 Å². The number of hydrogen-bond donors (Lipinski definition) is 2. The Bertz CT molecular complexity index is 1370. The molecular formula is C27H21ClF3N3O3. The molecule has 0 aromatic heterocycles. The first-order valence-electron chi connectivity index (χ1n) is 11.2. The first-order chi connectivity index (χ1) is 17.5. The van der Waals surface area contributed by atoms with E-state index in [0.29, 0.717) is 22.2 Å². The zero-order chi connectivity index (χ0) is 26.7. The molecule has 1 aliphatic heterocycles. The van der Waals surface area contributed by atoms with Gasteiger partial charge in [0, 0.05) is 5.69 Å². The number of anilines is 2. The summed E-state index contributed by atoms with van der Waals surface area (Å²) in [5.41, 5.74) is 0.596. The number of nitrogens with zero attached hydrogens (tertiary/aromatic N) is 1. The SMILES string of the molecule is CC(NC(=O)Cc1ccc(NC2=C(Cl)C(=O)N(c3cccc(C(F)(F)F)c3)C2=O)cc1)c1ccccc1. The monoisotopic (exact) mass is 527 g/mol. The molecule has 0 saturated carbocycles. The summed E-state index contributed by atoms with van der Waals surface area (Å²) in [5.74, 6) is -1.99. The van der Waals surface area contributed by atoms with Crippen LogP contribution in [-0.2, 0) is 27.0 Å². The Morgan fingerprint density at radius 1 is 0.946 bits per heavy atom. The Hall–Kier alpha value is -4.11. The largest absolute Gasteiger partial charge is 0.416 e. The van der Waals surface area contributed by atoms with Crippen LogP contribution >= 0.6 is 11.6 Å². The lowest BCUT2D eigenvalue weighted by Gasteiger charge is -2.17. The molecule has 1 aliphatic rings. The molecule has 0 fully saturated rings. The fourth-order valence-electron chi connectivity index (χ4n) is 3.82. The molecule has 4 rings (SSSR count). The molecule has 1 unspecified atom stereocenters. The van der Waals surface area contributed by atoms with Crippen LogP contribution in [0.3, 0.4) is 0 Å². The molecule has 1 heterocycles. The topological polar surface area (TPSA) is 78.5 Å². The van der Waals surface area contributed by atoms with Crippen LogP contribution in [0.1, 0.15) is 29.7 Å². The van der Waals surface area contributed by atoms with E-state index in [-0.39, 0.29) is 29.8 Å². The van der Waals surface area contributed by atoms with Crippen molar-refractivity contribution in [2.45, 2.75) is 25.6 Å². The lowest BCUT2D eigenvalue weighted by molar-refractivity contribution is -0.137. The van der Waals surface area contributed by atoms with Gasteiger partial charge in [0.05, 0.1) is 23.7 Å². The second kappa shape index (κ2) is 10.5. The van der Waals surface area contributed by atoms with Crippen LogP contribution in [0.2, 0.25) is 0 Å². The molecule has 3 aromatic carbocycles. The number of rotatable bonds is 7. The molecule has 3 amide bonds. The van der Waals surface area contributed by atoms with Crippen molar-refractivity contribution >= 4 is 40.7 Å². The van der Waals surface area contributed by atoms with Crippen molar-refractivity contribution in [3.8, 4) is 0 Å². The maximum atomic E-state index is 13.1. The highest BCUT2D eigenvalue weighted by atomic mass is 35.5. The minimum atomic E-state index is -4.64. The van der Waals surface area contributed by atoms with Gasteiger partial charge in [0.15, 0.2) is 0 Å². The van der Waals surface area contributed by atoms with E-state index in [9.17, 15) is 27.6 Å². The number of carbonyl (C=O) groups excluding carboxylic acids is 3. The molecule has 2 N–H and O–H groups in total. The Labute approximate surface area is 215 Å². The molecule has 0 aliphatic carbocycles. The lowest BCUT2D eigenvalue weighted by Crippen LogP contribution is -2.32. The standard InChI is InChI=1S/C27H21ClF3N3O3/c1-16(18-6-3-2-4-7-18)32-22(35)14-17-10-12-20(13-11-17)33-24-23(28)25(36)34(26(24)37)21-9-5-8-19(15-21)27(29,30)31/h2-13,15-16,33H,14H2,1H3,(H,32,35). The van der Waals surface area contributed by atoms with Gasteiger partial charge in [-0.15, -0.1) is 0 Å². The smallest absolute Gasteiger partial charge is 0.350 e. The molecule has 6 nitrogen and oxygen atoms in total. The summed E-state index contributed by atoms with van der Waals surface area (Å²) in [4.78, 5) is 38.5. The lowest BCUT2D eigenvalue weighted by atomic mass is 10.1. The fourth-order valence-corrected chi connectivity index (χ4v) is 4.03. The van der Waals surface area contributed by atoms with E-state index >= 15 is 0 Å². The molecule has 1 atom stereocenters. The maximum Gasteiger partial charge on any atom is 0.416 e. The van der Waals surface area contributed by atoms with Crippen LogP contribution in [-0.4, -0.2) is 17.7 Å². The van der Waals surface area contributed by atoms with E-state index in [1.54, 1.807) is 24.3 Å². The third kappa shape index (κ3) is 5.83. The Balaban J connectivity index is 1.42. The van der Waals surface area contributed by atoms with E-state index in [0.717, 1.165) is 17.7 Å². The molecular weight excluding hydrogens is 507 g/mol. The number of benzene rings is 3. The van der Waals surface area contributed by atoms with Crippen molar-refractivity contribution in [2.75, 3.05) is 10.2 Å². The number of imide groups is 1. The highest BCUT2D eigenvalue weighted by Crippen LogP contribution is 2.35. The molecule has 3 aromatic rings. The zero-order valence-electron chi connectivity index (χ0n) is 19.5. The third-order valence-corrected chi connectivity index (χ3v) is 6.07. The predicted octanol–water partition coefficient (Wildman–Crippen LogP) is 5.56. The second-order valence-electron chi connectivity index (χ2n) is 8.38. The molecule has 0 saturated heterocycles. The van der Waals surface area contributed by atoms with Gasteiger partial charge in [-0.25, -0.2) is 4.90 Å². The van der Waals surface area contributed by atoms with Crippen LogP contribution in [0.4, 0.5) is 24.5 Å². The summed E-state index contributed by atoms with van der Waals surface area (Å²) >= 11 is 6.08. The first kappa shape index (κ1) is 26.0. The number of carbonyl (C=O) groups is 3. The van der Waals surface area contributed by atoms with Crippen LogP contribution in [0, 0.1) is 0 Å². The number of hydrogen-bond acceptors (Lipinski definition) is 4. The van der Waals surface area contributed by atoms with E-state index in [2.05, 4.69) is 10.6 Å². The van der Waals surface area contributed by atoms with Gasteiger partial charge in [-0.05, 0) is 48.4 Å². The summed E-state index contributed by atoms with van der Waals surface area (Å²) in [7, 11) is 0. The first-order valence-corrected chi connectivity index (χ1v) is 11.6. The Morgan fingerprint density at radius 3 is 2.27 bits per heavy atom. The number of alkyl halides is 3. The van der Waals surface area contributed by atoms with Crippen molar-refractivity contribution in [2.24, 2.45) is 0 Å². The minimum absolute atomic E-state index is 0.127. The molecule has 190 valence electrons. The van der Waals surface area contributed by atoms with Crippen molar-refractivity contribution in [1.29, 1.82) is 0 Å². The van der Waals surface area contributed by atoms with E-state index in [1.807, 2.05) is 37.3 Å². The fraction of sp³-hybridized carbons (Fsp3) is 0.148. The van der Waals surface area contributed by atoms with E-state index in [1.165, 1.54) is 6.07 Å². The summed E-state index contributed by atoms with van der Waals surface area (Å²) in [6.07, 6.45) is -4.51. The van der Waals surface area contributed by atoms with Gasteiger partial charge in [0.25, 0.3) is 11.8 Å². The van der Waals surface area contributed by atoms with Crippen LogP contribution in [0.5, 0.6) is 0 Å². The van der Waals surface area contributed by atoms with Crippen molar-refractivity contribution < 1.29 is 27.6 Å². The average Bonchev–Trinajstić information content (AvgIpc) is 3.08. The quantitative estimate of drug-likeness (QED) is 0.394. The van der Waals surface area contributed by atoms with Gasteiger partial charge in [0.2, 0.25) is 5.91 Å². The summed E-state index contributed by atoms with van der Waals surface area (Å²) in [6.45, 7) is 1.89. The Kier molecular flexibility index (Phi) is 7.35. The molecule has 0 spiro atoms. The summed E-state index contributed by atoms with van der Waals surface area (Å²) in [6, 6.07) is 19.8. The van der Waals surface area contributed by atoms with Crippen molar-refractivity contribution in [1.82, 2.24) is 5.32 Å². The highest BCUT2D eigenvalue weighted by molar-refractivity contribution is 6.53. The molecule has 0 radical (unpaired) electrons. The number of amides is 3. The van der Waals surface area contributed by atoms with E-state index < -0.39 is 28.6 Å². The van der Waals surface area contributed by atoms with Gasteiger partial charge < -0.3 is 10.6 Å². The van der Waals surface area contributed by atoms with Gasteiger partial charge in [-0.3, -0.25) is 14.4 Å². The molecule has 0 bridgehead atoms. The van der Waals surface area contributed by atoms with Crippen molar-refractivity contribution in [3.05, 3.63) is 106 Å². The minimum Gasteiger partial charge on any atom is -0.350 e. The Morgan fingerprint density at radius 2 is 1.62 bits per heavy atom. The van der Waals surface area contributed by atoms with Crippen LogP contribution < -0.4 is 15.5 Å². The average molecular weight is 528 g/mol. The van der Waals surface area contributed by atoms with Gasteiger partial charge in [-0.1, -0.05) is 60.1 Å². The number of nitrogens with one attached hydrogen (secondary N) is 2.